The highest BCUT2D eigenvalue weighted by molar-refractivity contribution is 5.95. The number of likely N-dealkylation sites (tertiary alicyclic amines) is 1. The largest absolute Gasteiger partial charge is 0.345 e. The molecule has 2 aromatic rings. The van der Waals surface area contributed by atoms with Gasteiger partial charge in [-0.05, 0) is 24.9 Å². The van der Waals surface area contributed by atoms with Crippen LogP contribution in [-0.2, 0) is 12.0 Å². The van der Waals surface area contributed by atoms with Crippen molar-refractivity contribution in [2.75, 3.05) is 27.2 Å². The highest BCUT2D eigenvalue weighted by Gasteiger charge is 2.37. The van der Waals surface area contributed by atoms with Gasteiger partial charge in [0.05, 0.1) is 17.5 Å². The Bertz CT molecular complexity index is 694. The van der Waals surface area contributed by atoms with Crippen LogP contribution in [0, 0.1) is 0 Å². The highest BCUT2D eigenvalue weighted by atomic mass is 16.2. The van der Waals surface area contributed by atoms with Gasteiger partial charge < -0.3 is 4.90 Å². The zero-order valence-corrected chi connectivity index (χ0v) is 14.7. The van der Waals surface area contributed by atoms with Crippen LogP contribution in [0.1, 0.15) is 41.4 Å². The lowest BCUT2D eigenvalue weighted by Gasteiger charge is -2.40. The minimum Gasteiger partial charge on any atom is -0.345 e. The summed E-state index contributed by atoms with van der Waals surface area (Å²) in [5.74, 6) is 0.0140. The van der Waals surface area contributed by atoms with Crippen LogP contribution in [0.5, 0.6) is 0 Å². The average Bonchev–Trinajstić information content (AvgIpc) is 3.05. The fraction of sp³-hybridized carbons (Fsp3) is 0.474. The lowest BCUT2D eigenvalue weighted by molar-refractivity contribution is 0.0820. The van der Waals surface area contributed by atoms with E-state index in [9.17, 15) is 4.79 Å². The van der Waals surface area contributed by atoms with E-state index in [0.29, 0.717) is 5.56 Å². The number of carbonyl (C=O) groups is 1. The third-order valence-electron chi connectivity index (χ3n) is 4.90. The first-order valence-electron chi connectivity index (χ1n) is 8.51. The van der Waals surface area contributed by atoms with Crippen molar-refractivity contribution in [3.05, 3.63) is 53.3 Å². The second-order valence-corrected chi connectivity index (χ2v) is 7.22. The Kier molecular flexibility index (Phi) is 4.71. The van der Waals surface area contributed by atoms with Crippen LogP contribution in [0.25, 0.3) is 0 Å². The molecule has 1 aliphatic heterocycles. The second kappa shape index (κ2) is 6.77. The van der Waals surface area contributed by atoms with Gasteiger partial charge in [0.1, 0.15) is 0 Å². The first-order valence-corrected chi connectivity index (χ1v) is 8.51. The van der Waals surface area contributed by atoms with Gasteiger partial charge in [-0.2, -0.15) is 5.10 Å². The fourth-order valence-corrected chi connectivity index (χ4v) is 3.67. The van der Waals surface area contributed by atoms with Crippen LogP contribution >= 0.6 is 0 Å². The monoisotopic (exact) mass is 326 g/mol. The number of aromatic amines is 1. The summed E-state index contributed by atoms with van der Waals surface area (Å²) in [7, 11) is 3.56. The lowest BCUT2D eigenvalue weighted by atomic mass is 9.77. The minimum absolute atomic E-state index is 0.0140. The van der Waals surface area contributed by atoms with Gasteiger partial charge in [-0.3, -0.25) is 14.8 Å². The number of piperidine rings is 1. The van der Waals surface area contributed by atoms with E-state index in [2.05, 4.69) is 46.3 Å². The van der Waals surface area contributed by atoms with Crippen molar-refractivity contribution in [1.29, 1.82) is 0 Å². The molecule has 3 rings (SSSR count). The Morgan fingerprint density at radius 1 is 1.33 bits per heavy atom. The van der Waals surface area contributed by atoms with Crippen molar-refractivity contribution in [2.45, 2.75) is 31.7 Å². The zero-order valence-electron chi connectivity index (χ0n) is 14.7. The van der Waals surface area contributed by atoms with Crippen LogP contribution in [0.3, 0.4) is 0 Å². The molecule has 0 saturated carbocycles. The standard InChI is InChI=1S/C19H26N4O/c1-19(17-16(12-20-21-17)18(24)22(2)3)10-7-11-23(14-19)13-15-8-5-4-6-9-15/h4-6,8-9,12H,7,10-11,13-14H2,1-3H3,(H,20,21). The van der Waals surface area contributed by atoms with E-state index >= 15 is 0 Å². The van der Waals surface area contributed by atoms with Gasteiger partial charge in [-0.1, -0.05) is 37.3 Å². The fourth-order valence-electron chi connectivity index (χ4n) is 3.67. The molecule has 1 aromatic carbocycles. The van der Waals surface area contributed by atoms with Gasteiger partial charge in [0.25, 0.3) is 5.91 Å². The number of nitrogens with one attached hydrogen (secondary N) is 1. The average molecular weight is 326 g/mol. The third kappa shape index (κ3) is 3.36. The molecular weight excluding hydrogens is 300 g/mol. The molecule has 2 heterocycles. The van der Waals surface area contributed by atoms with E-state index in [1.807, 2.05) is 6.07 Å². The molecule has 1 amide bonds. The quantitative estimate of drug-likeness (QED) is 0.940. The number of H-pyrrole nitrogens is 1. The van der Waals surface area contributed by atoms with Crippen LogP contribution in [0.4, 0.5) is 0 Å². The maximum Gasteiger partial charge on any atom is 0.256 e. The molecule has 24 heavy (non-hydrogen) atoms. The van der Waals surface area contributed by atoms with E-state index < -0.39 is 0 Å². The van der Waals surface area contributed by atoms with Gasteiger partial charge in [-0.25, -0.2) is 0 Å². The summed E-state index contributed by atoms with van der Waals surface area (Å²) in [6.45, 7) is 5.21. The number of aromatic nitrogens is 2. The molecule has 1 atom stereocenters. The molecule has 1 fully saturated rings. The molecule has 0 aliphatic carbocycles. The lowest BCUT2D eigenvalue weighted by Crippen LogP contribution is -2.45. The molecular formula is C19H26N4O. The van der Waals surface area contributed by atoms with Crippen molar-refractivity contribution in [3.63, 3.8) is 0 Å². The van der Waals surface area contributed by atoms with Gasteiger partial charge in [0.15, 0.2) is 0 Å². The Balaban J connectivity index is 1.80. The molecule has 128 valence electrons. The maximum atomic E-state index is 12.4. The number of amides is 1. The summed E-state index contributed by atoms with van der Waals surface area (Å²) in [6.07, 6.45) is 3.85. The minimum atomic E-state index is -0.0788. The van der Waals surface area contributed by atoms with E-state index in [0.717, 1.165) is 38.2 Å². The number of hydrogen-bond donors (Lipinski definition) is 1. The Morgan fingerprint density at radius 3 is 2.79 bits per heavy atom. The predicted octanol–water partition coefficient (Wildman–Crippen LogP) is 2.67. The molecule has 0 spiro atoms. The number of rotatable bonds is 4. The first kappa shape index (κ1) is 16.7. The van der Waals surface area contributed by atoms with Crippen LogP contribution in [0.15, 0.2) is 36.5 Å². The number of benzene rings is 1. The number of nitrogens with zero attached hydrogens (tertiary/aromatic N) is 3. The highest BCUT2D eigenvalue weighted by Crippen LogP contribution is 2.35. The van der Waals surface area contributed by atoms with Crippen molar-refractivity contribution < 1.29 is 4.79 Å². The van der Waals surface area contributed by atoms with Crippen LogP contribution < -0.4 is 0 Å². The Labute approximate surface area is 143 Å². The molecule has 1 aromatic heterocycles. The second-order valence-electron chi connectivity index (χ2n) is 7.22. The molecule has 0 radical (unpaired) electrons. The van der Waals surface area contributed by atoms with Gasteiger partial charge in [0, 0.05) is 32.6 Å². The van der Waals surface area contributed by atoms with Gasteiger partial charge in [0.2, 0.25) is 0 Å². The van der Waals surface area contributed by atoms with Gasteiger partial charge >= 0.3 is 0 Å². The maximum absolute atomic E-state index is 12.4. The van der Waals surface area contributed by atoms with Crippen LogP contribution in [-0.4, -0.2) is 53.1 Å². The van der Waals surface area contributed by atoms with E-state index in [1.165, 1.54) is 5.56 Å². The first-order chi connectivity index (χ1) is 11.5. The third-order valence-corrected chi connectivity index (χ3v) is 4.90. The van der Waals surface area contributed by atoms with Crippen molar-refractivity contribution in [1.82, 2.24) is 20.0 Å². The van der Waals surface area contributed by atoms with Gasteiger partial charge in [-0.15, -0.1) is 0 Å². The molecule has 0 bridgehead atoms. The predicted molar refractivity (Wildman–Crippen MR) is 94.9 cm³/mol. The summed E-state index contributed by atoms with van der Waals surface area (Å²) >= 11 is 0. The number of hydrogen-bond acceptors (Lipinski definition) is 3. The molecule has 5 heteroatoms. The van der Waals surface area contributed by atoms with E-state index in [-0.39, 0.29) is 11.3 Å². The van der Waals surface area contributed by atoms with E-state index in [1.54, 1.807) is 25.2 Å². The molecule has 1 N–H and O–H groups in total. The van der Waals surface area contributed by atoms with E-state index in [4.69, 9.17) is 0 Å². The van der Waals surface area contributed by atoms with Crippen LogP contribution in [0.2, 0.25) is 0 Å². The summed E-state index contributed by atoms with van der Waals surface area (Å²) < 4.78 is 0. The van der Waals surface area contributed by atoms with Crippen molar-refractivity contribution in [3.8, 4) is 0 Å². The smallest absolute Gasteiger partial charge is 0.256 e. The number of carbonyl (C=O) groups excluding carboxylic acids is 1. The van der Waals surface area contributed by atoms with Crippen molar-refractivity contribution >= 4 is 5.91 Å². The Morgan fingerprint density at radius 2 is 2.08 bits per heavy atom. The summed E-state index contributed by atoms with van der Waals surface area (Å²) in [5, 5.41) is 7.28. The molecule has 5 nitrogen and oxygen atoms in total. The summed E-state index contributed by atoms with van der Waals surface area (Å²) in [4.78, 5) is 16.5. The normalized spacial score (nSPS) is 21.6. The Hall–Kier alpha value is -2.14. The van der Waals surface area contributed by atoms with Crippen molar-refractivity contribution in [2.24, 2.45) is 0 Å². The molecule has 1 saturated heterocycles. The zero-order chi connectivity index (χ0) is 17.2. The summed E-state index contributed by atoms with van der Waals surface area (Å²) in [6, 6.07) is 10.6. The topological polar surface area (TPSA) is 52.2 Å². The molecule has 1 aliphatic rings. The summed E-state index contributed by atoms with van der Waals surface area (Å²) in [5.41, 5.74) is 2.92. The SMILES string of the molecule is CN(C)C(=O)c1cn[nH]c1C1(C)CCCN(Cc2ccccc2)C1. The molecule has 1 unspecified atom stereocenters.